The zero-order chi connectivity index (χ0) is 15.0. The van der Waals surface area contributed by atoms with Gasteiger partial charge in [0.15, 0.2) is 5.84 Å². The average molecular weight is 298 g/mol. The van der Waals surface area contributed by atoms with E-state index in [4.69, 9.17) is 22.5 Å². The second-order valence-corrected chi connectivity index (χ2v) is 4.97. The van der Waals surface area contributed by atoms with Gasteiger partial charge in [-0.2, -0.15) is 0 Å². The number of carbonyl (C=O) groups is 1. The van der Waals surface area contributed by atoms with Gasteiger partial charge in [0.05, 0.1) is 5.92 Å². The number of benzene rings is 1. The quantitative estimate of drug-likeness (QED) is 0.312. The summed E-state index contributed by atoms with van der Waals surface area (Å²) in [5, 5.41) is 15.1. The lowest BCUT2D eigenvalue weighted by molar-refractivity contribution is -0.123. The summed E-state index contributed by atoms with van der Waals surface area (Å²) in [7, 11) is 0. The highest BCUT2D eigenvalue weighted by Crippen LogP contribution is 2.10. The molecule has 0 aromatic heterocycles. The molecule has 6 heteroatoms. The first-order chi connectivity index (χ1) is 9.58. The highest BCUT2D eigenvalue weighted by atomic mass is 35.5. The highest BCUT2D eigenvalue weighted by Gasteiger charge is 2.21. The molecule has 0 saturated heterocycles. The Kier molecular flexibility index (Phi) is 6.87. The molecule has 1 aromatic carbocycles. The van der Waals surface area contributed by atoms with Crippen LogP contribution in [-0.2, 0) is 11.2 Å². The van der Waals surface area contributed by atoms with Gasteiger partial charge in [-0.25, -0.2) is 0 Å². The number of amides is 1. The Bertz CT molecular complexity index is 460. The molecule has 4 N–H and O–H groups in total. The third kappa shape index (κ3) is 5.09. The lowest BCUT2D eigenvalue weighted by Crippen LogP contribution is -2.39. The van der Waals surface area contributed by atoms with Crippen molar-refractivity contribution in [1.82, 2.24) is 5.32 Å². The van der Waals surface area contributed by atoms with Crippen LogP contribution in [0.1, 0.15) is 25.3 Å². The molecule has 0 bridgehead atoms. The Morgan fingerprint density at radius 1 is 1.45 bits per heavy atom. The highest BCUT2D eigenvalue weighted by molar-refractivity contribution is 6.30. The molecule has 0 fully saturated rings. The van der Waals surface area contributed by atoms with Crippen LogP contribution in [0.2, 0.25) is 5.02 Å². The Balaban J connectivity index is 2.47. The Labute approximate surface area is 123 Å². The minimum Gasteiger partial charge on any atom is -0.409 e. The van der Waals surface area contributed by atoms with Crippen molar-refractivity contribution in [3.05, 3.63) is 34.9 Å². The monoisotopic (exact) mass is 297 g/mol. The predicted octanol–water partition coefficient (Wildman–Crippen LogP) is 2.16. The van der Waals surface area contributed by atoms with Gasteiger partial charge in [-0.05, 0) is 30.5 Å². The van der Waals surface area contributed by atoms with Crippen molar-refractivity contribution in [3.63, 3.8) is 0 Å². The van der Waals surface area contributed by atoms with E-state index < -0.39 is 5.92 Å². The topological polar surface area (TPSA) is 87.7 Å². The SMILES string of the molecule is CCCC(C(=O)NCCc1ccc(Cl)cc1)C(N)=NO. The fraction of sp³-hybridized carbons (Fsp3) is 0.429. The van der Waals surface area contributed by atoms with E-state index in [1.807, 2.05) is 31.2 Å². The lowest BCUT2D eigenvalue weighted by Gasteiger charge is -2.14. The van der Waals surface area contributed by atoms with Crippen LogP contribution in [0.25, 0.3) is 0 Å². The largest absolute Gasteiger partial charge is 0.409 e. The van der Waals surface area contributed by atoms with Crippen LogP contribution in [-0.4, -0.2) is 23.5 Å². The summed E-state index contributed by atoms with van der Waals surface area (Å²) in [6.07, 6.45) is 2.05. The molecule has 0 aliphatic carbocycles. The van der Waals surface area contributed by atoms with Crippen LogP contribution in [0.5, 0.6) is 0 Å². The van der Waals surface area contributed by atoms with E-state index in [1.54, 1.807) is 0 Å². The Morgan fingerprint density at radius 3 is 2.65 bits per heavy atom. The minimum atomic E-state index is -0.574. The number of halogens is 1. The number of rotatable bonds is 7. The van der Waals surface area contributed by atoms with Crippen LogP contribution in [0.3, 0.4) is 0 Å². The fourth-order valence-electron chi connectivity index (χ4n) is 1.88. The molecule has 0 aliphatic rings. The number of nitrogens with one attached hydrogen (secondary N) is 1. The van der Waals surface area contributed by atoms with Crippen LogP contribution >= 0.6 is 11.6 Å². The van der Waals surface area contributed by atoms with E-state index in [-0.39, 0.29) is 11.7 Å². The summed E-state index contributed by atoms with van der Waals surface area (Å²) in [5.74, 6) is -0.831. The zero-order valence-electron chi connectivity index (χ0n) is 11.5. The standard InChI is InChI=1S/C14H20ClN3O2/c1-2-3-12(13(16)18-20)14(19)17-9-8-10-4-6-11(15)7-5-10/h4-7,12,20H,2-3,8-9H2,1H3,(H2,16,18)(H,17,19). The summed E-state index contributed by atoms with van der Waals surface area (Å²) in [6, 6.07) is 7.47. The van der Waals surface area contributed by atoms with Crippen molar-refractivity contribution >= 4 is 23.3 Å². The molecule has 1 aromatic rings. The van der Waals surface area contributed by atoms with Gasteiger partial charge < -0.3 is 16.3 Å². The van der Waals surface area contributed by atoms with Crippen LogP contribution in [0.15, 0.2) is 29.4 Å². The first kappa shape index (κ1) is 16.3. The number of nitrogens with two attached hydrogens (primary N) is 1. The maximum absolute atomic E-state index is 12.0. The number of nitrogens with zero attached hydrogens (tertiary/aromatic N) is 1. The van der Waals surface area contributed by atoms with Gasteiger partial charge in [0.2, 0.25) is 5.91 Å². The average Bonchev–Trinajstić information content (AvgIpc) is 2.46. The molecule has 0 aliphatic heterocycles. The van der Waals surface area contributed by atoms with E-state index >= 15 is 0 Å². The van der Waals surface area contributed by atoms with Gasteiger partial charge in [0.25, 0.3) is 0 Å². The normalized spacial score (nSPS) is 13.0. The Morgan fingerprint density at radius 2 is 2.10 bits per heavy atom. The molecular formula is C14H20ClN3O2. The number of carbonyl (C=O) groups excluding carboxylic acids is 1. The van der Waals surface area contributed by atoms with E-state index in [2.05, 4.69) is 10.5 Å². The van der Waals surface area contributed by atoms with Crippen molar-refractivity contribution < 1.29 is 10.0 Å². The lowest BCUT2D eigenvalue weighted by atomic mass is 10.0. The summed E-state index contributed by atoms with van der Waals surface area (Å²) in [6.45, 7) is 2.44. The van der Waals surface area contributed by atoms with Gasteiger partial charge in [-0.3, -0.25) is 4.79 Å². The molecular weight excluding hydrogens is 278 g/mol. The number of oxime groups is 1. The second kappa shape index (κ2) is 8.43. The number of hydrogen-bond acceptors (Lipinski definition) is 3. The Hall–Kier alpha value is -1.75. The molecule has 1 unspecified atom stereocenters. The first-order valence-electron chi connectivity index (χ1n) is 6.58. The summed E-state index contributed by atoms with van der Waals surface area (Å²) >= 11 is 5.80. The third-order valence-corrected chi connectivity index (χ3v) is 3.24. The van der Waals surface area contributed by atoms with Crippen molar-refractivity contribution in [2.24, 2.45) is 16.8 Å². The molecule has 0 saturated carbocycles. The van der Waals surface area contributed by atoms with Crippen molar-refractivity contribution in [2.75, 3.05) is 6.54 Å². The van der Waals surface area contributed by atoms with Gasteiger partial charge in [-0.1, -0.05) is 42.2 Å². The minimum absolute atomic E-state index is 0.0455. The summed E-state index contributed by atoms with van der Waals surface area (Å²) in [4.78, 5) is 12.0. The molecule has 110 valence electrons. The first-order valence-corrected chi connectivity index (χ1v) is 6.95. The molecule has 0 radical (unpaired) electrons. The zero-order valence-corrected chi connectivity index (χ0v) is 12.2. The third-order valence-electron chi connectivity index (χ3n) is 2.99. The maximum atomic E-state index is 12.0. The maximum Gasteiger partial charge on any atom is 0.230 e. The number of hydrogen-bond donors (Lipinski definition) is 3. The van der Waals surface area contributed by atoms with Crippen LogP contribution in [0.4, 0.5) is 0 Å². The van der Waals surface area contributed by atoms with Gasteiger partial charge in [-0.15, -0.1) is 0 Å². The molecule has 5 nitrogen and oxygen atoms in total. The van der Waals surface area contributed by atoms with Crippen molar-refractivity contribution in [3.8, 4) is 0 Å². The molecule has 0 spiro atoms. The molecule has 1 atom stereocenters. The van der Waals surface area contributed by atoms with Gasteiger partial charge in [0, 0.05) is 11.6 Å². The van der Waals surface area contributed by atoms with Gasteiger partial charge in [0.1, 0.15) is 0 Å². The molecule has 1 rings (SSSR count). The smallest absolute Gasteiger partial charge is 0.230 e. The van der Waals surface area contributed by atoms with Crippen LogP contribution < -0.4 is 11.1 Å². The second-order valence-electron chi connectivity index (χ2n) is 4.53. The van der Waals surface area contributed by atoms with E-state index in [0.29, 0.717) is 24.4 Å². The molecule has 1 amide bonds. The van der Waals surface area contributed by atoms with Crippen molar-refractivity contribution in [2.45, 2.75) is 26.2 Å². The van der Waals surface area contributed by atoms with E-state index in [9.17, 15) is 4.79 Å². The predicted molar refractivity (Wildman–Crippen MR) is 80.0 cm³/mol. The number of amidine groups is 1. The van der Waals surface area contributed by atoms with Crippen molar-refractivity contribution in [1.29, 1.82) is 0 Å². The van der Waals surface area contributed by atoms with E-state index in [0.717, 1.165) is 12.0 Å². The van der Waals surface area contributed by atoms with E-state index in [1.165, 1.54) is 0 Å². The summed E-state index contributed by atoms with van der Waals surface area (Å²) < 4.78 is 0. The molecule has 20 heavy (non-hydrogen) atoms. The van der Waals surface area contributed by atoms with Crippen LogP contribution in [0, 0.1) is 5.92 Å². The van der Waals surface area contributed by atoms with Gasteiger partial charge >= 0.3 is 0 Å². The fourth-order valence-corrected chi connectivity index (χ4v) is 2.00. The molecule has 0 heterocycles. The summed E-state index contributed by atoms with van der Waals surface area (Å²) in [5.41, 5.74) is 6.62.